The fourth-order valence-corrected chi connectivity index (χ4v) is 13.2. The molecule has 0 bridgehead atoms. The number of carbonyl (C=O) groups is 2. The smallest absolute Gasteiger partial charge is 0.244 e. The van der Waals surface area contributed by atoms with Crippen LogP contribution in [0.2, 0.25) is 5.02 Å². The zero-order valence-electron chi connectivity index (χ0n) is 44.6. The monoisotopic (exact) mass is 1020 g/mol. The van der Waals surface area contributed by atoms with Gasteiger partial charge in [0, 0.05) is 124 Å². The van der Waals surface area contributed by atoms with Crippen molar-refractivity contribution in [3.8, 4) is 23.3 Å². The maximum Gasteiger partial charge on any atom is 0.244 e. The summed E-state index contributed by atoms with van der Waals surface area (Å²) in [6.45, 7) is 23.4. The summed E-state index contributed by atoms with van der Waals surface area (Å²) in [5, 5.41) is 31.5. The number of anilines is 1. The van der Waals surface area contributed by atoms with Crippen molar-refractivity contribution in [3.63, 3.8) is 0 Å². The molecule has 2 amide bonds. The Kier molecular flexibility index (Phi) is 15.9. The van der Waals surface area contributed by atoms with Crippen LogP contribution in [0.3, 0.4) is 0 Å². The van der Waals surface area contributed by atoms with E-state index in [0.29, 0.717) is 34.7 Å². The number of nitrogens with zero attached hydrogens (tertiary/aromatic N) is 6. The SMILES string of the molecule is CCCCCCCCN1CC(C(=O)NC2C(C)(C)C(Oc3ccc(C#N)c(Cl)c3)C2(C)C)CNC1N1CCN(C2CN(c3cccc(Oc4ccc(C(C)(C)O)cc4C4=CN(C)C(=O)C5NCCC45)c3)C2)CC1. The van der Waals surface area contributed by atoms with E-state index < -0.39 is 5.60 Å². The number of piperazine rings is 1. The molecule has 0 spiro atoms. The molecule has 4 saturated heterocycles. The minimum absolute atomic E-state index is 0.0298. The van der Waals surface area contributed by atoms with Crippen molar-refractivity contribution in [1.29, 1.82) is 5.26 Å². The predicted octanol–water partition coefficient (Wildman–Crippen LogP) is 7.99. The Morgan fingerprint density at radius 3 is 2.36 bits per heavy atom. The van der Waals surface area contributed by atoms with Gasteiger partial charge in [0.15, 0.2) is 0 Å². The van der Waals surface area contributed by atoms with E-state index in [1.54, 1.807) is 36.9 Å². The topological polar surface area (TPSA) is 149 Å². The second-order valence-electron chi connectivity index (χ2n) is 23.4. The van der Waals surface area contributed by atoms with Crippen molar-refractivity contribution in [2.45, 2.75) is 130 Å². The average Bonchev–Trinajstić information content (AvgIpc) is 3.85. The highest BCUT2D eigenvalue weighted by molar-refractivity contribution is 6.31. The van der Waals surface area contributed by atoms with Crippen LogP contribution in [0.1, 0.15) is 110 Å². The number of amides is 2. The van der Waals surface area contributed by atoms with Crippen molar-refractivity contribution in [1.82, 2.24) is 35.6 Å². The lowest BCUT2D eigenvalue weighted by Crippen LogP contribution is -2.75. The molecule has 15 heteroatoms. The van der Waals surface area contributed by atoms with Crippen LogP contribution in [0.25, 0.3) is 5.57 Å². The number of ether oxygens (including phenoxy) is 2. The van der Waals surface area contributed by atoms with Crippen LogP contribution in [0.4, 0.5) is 5.69 Å². The summed E-state index contributed by atoms with van der Waals surface area (Å²) in [5.41, 5.74) is 2.59. The van der Waals surface area contributed by atoms with Gasteiger partial charge in [-0.3, -0.25) is 29.6 Å². The number of unbranched alkanes of at least 4 members (excludes halogenated alkanes) is 5. The quantitative estimate of drug-likeness (QED) is 0.0916. The number of likely N-dealkylation sites (N-methyl/N-ethyl adjacent to an activating group) is 1. The lowest BCUT2D eigenvalue weighted by Gasteiger charge is -2.63. The zero-order valence-corrected chi connectivity index (χ0v) is 45.3. The summed E-state index contributed by atoms with van der Waals surface area (Å²) >= 11 is 6.36. The summed E-state index contributed by atoms with van der Waals surface area (Å²) in [6.07, 6.45) is 10.1. The van der Waals surface area contributed by atoms with Crippen LogP contribution in [0.15, 0.2) is 66.9 Å². The Bertz CT molecular complexity index is 2530. The highest BCUT2D eigenvalue weighted by Crippen LogP contribution is 2.56. The molecule has 4 unspecified atom stereocenters. The zero-order chi connectivity index (χ0) is 51.8. The molecule has 394 valence electrons. The molecule has 14 nitrogen and oxygen atoms in total. The number of hydrogen-bond acceptors (Lipinski definition) is 12. The van der Waals surface area contributed by atoms with Gasteiger partial charge >= 0.3 is 0 Å². The van der Waals surface area contributed by atoms with Crippen molar-refractivity contribution < 1.29 is 24.2 Å². The molecule has 1 saturated carbocycles. The van der Waals surface area contributed by atoms with Gasteiger partial charge in [0.2, 0.25) is 11.8 Å². The highest BCUT2D eigenvalue weighted by Gasteiger charge is 2.64. The van der Waals surface area contributed by atoms with E-state index in [1.807, 2.05) is 37.5 Å². The van der Waals surface area contributed by atoms with Crippen LogP contribution in [0.5, 0.6) is 17.2 Å². The molecular formula is C58H80ClN9O5. The second-order valence-corrected chi connectivity index (χ2v) is 23.8. The Labute approximate surface area is 439 Å². The molecule has 5 fully saturated rings. The third kappa shape index (κ3) is 11.2. The van der Waals surface area contributed by atoms with Gasteiger partial charge in [-0.1, -0.05) is 90.5 Å². The normalized spacial score (nSPS) is 26.6. The van der Waals surface area contributed by atoms with E-state index in [0.717, 1.165) is 99.9 Å². The molecule has 4 atom stereocenters. The van der Waals surface area contributed by atoms with Gasteiger partial charge in [-0.05, 0) is 80.8 Å². The lowest BCUT2D eigenvalue weighted by molar-refractivity contribution is -0.175. The molecule has 4 N–H and O–H groups in total. The first-order valence-corrected chi connectivity index (χ1v) is 27.5. The van der Waals surface area contributed by atoms with Gasteiger partial charge in [0.25, 0.3) is 0 Å². The standard InChI is InChI=1S/C58H80ClN9O5/c1-9-10-11-12-13-14-24-67-34-39(51(69)63-53-56(2,3)54(57(53,4)5)73-44-20-18-38(32-60)48(59)31-44)33-62-55(67)66-27-25-65(26-28-66)42-35-68(36-42)41-16-15-17-43(30-41)72-49-21-19-40(58(6,7)71)29-46(49)47-37-64(8)52(70)50-45(47)22-23-61-50/h15-21,29-31,37,39,42,45,50,53-55,61-62,71H,9-14,22-28,33-36H2,1-8H3,(H,63,69). The first-order valence-electron chi connectivity index (χ1n) is 27.1. The van der Waals surface area contributed by atoms with Crippen LogP contribution in [-0.4, -0.2) is 140 Å². The number of nitriles is 1. The summed E-state index contributed by atoms with van der Waals surface area (Å²) in [4.78, 5) is 39.2. The molecule has 9 rings (SSSR count). The number of nitrogens with one attached hydrogen (secondary N) is 3. The average molecular weight is 1020 g/mol. The van der Waals surface area contributed by atoms with Gasteiger partial charge in [-0.15, -0.1) is 0 Å². The van der Waals surface area contributed by atoms with E-state index >= 15 is 0 Å². The molecule has 1 aliphatic carbocycles. The lowest BCUT2D eigenvalue weighted by atomic mass is 9.49. The molecule has 3 aromatic rings. The van der Waals surface area contributed by atoms with Crippen LogP contribution >= 0.6 is 11.6 Å². The second kappa shape index (κ2) is 21.9. The fourth-order valence-electron chi connectivity index (χ4n) is 13.0. The Hall–Kier alpha value is -4.72. The minimum atomic E-state index is -1.04. The number of aliphatic hydroxyl groups is 1. The third-order valence-corrected chi connectivity index (χ3v) is 17.3. The van der Waals surface area contributed by atoms with Crippen molar-refractivity contribution in [3.05, 3.63) is 88.6 Å². The molecule has 3 aromatic carbocycles. The first-order chi connectivity index (χ1) is 34.9. The number of benzene rings is 3. The van der Waals surface area contributed by atoms with Crippen molar-refractivity contribution >= 4 is 34.7 Å². The summed E-state index contributed by atoms with van der Waals surface area (Å²) in [6, 6.07) is 21.7. The molecule has 0 radical (unpaired) electrons. The summed E-state index contributed by atoms with van der Waals surface area (Å²) < 4.78 is 13.2. The van der Waals surface area contributed by atoms with Crippen LogP contribution in [0, 0.1) is 34.0 Å². The maximum atomic E-state index is 14.3. The molecule has 73 heavy (non-hydrogen) atoms. The number of hydrogen-bond donors (Lipinski definition) is 4. The largest absolute Gasteiger partial charge is 0.489 e. The van der Waals surface area contributed by atoms with E-state index in [-0.39, 0.29) is 59.0 Å². The van der Waals surface area contributed by atoms with E-state index in [9.17, 15) is 20.0 Å². The van der Waals surface area contributed by atoms with Gasteiger partial charge in [-0.25, -0.2) is 0 Å². The molecule has 6 aliphatic rings. The van der Waals surface area contributed by atoms with Gasteiger partial charge < -0.3 is 35.0 Å². The molecule has 5 aliphatic heterocycles. The number of rotatable bonds is 18. The van der Waals surface area contributed by atoms with Crippen LogP contribution in [-0.2, 0) is 15.2 Å². The fraction of sp³-hybridized carbons (Fsp3) is 0.603. The van der Waals surface area contributed by atoms with Gasteiger partial charge in [0.05, 0.1) is 28.1 Å². The Balaban J connectivity index is 0.797. The van der Waals surface area contributed by atoms with Crippen molar-refractivity contribution in [2.24, 2.45) is 22.7 Å². The van der Waals surface area contributed by atoms with Crippen LogP contribution < -0.4 is 30.3 Å². The van der Waals surface area contributed by atoms with E-state index in [4.69, 9.17) is 21.1 Å². The number of fused-ring (bicyclic) bond motifs is 1. The van der Waals surface area contributed by atoms with E-state index in [1.165, 1.54) is 32.1 Å². The van der Waals surface area contributed by atoms with E-state index in [2.05, 4.69) is 94.4 Å². The number of carbonyl (C=O) groups excluding carboxylic acids is 2. The molecule has 0 aromatic heterocycles. The molecule has 5 heterocycles. The van der Waals surface area contributed by atoms with Gasteiger partial charge in [-0.2, -0.15) is 5.26 Å². The number of halogens is 1. The van der Waals surface area contributed by atoms with Gasteiger partial charge in [0.1, 0.15) is 35.7 Å². The van der Waals surface area contributed by atoms with Crippen molar-refractivity contribution in [2.75, 3.05) is 77.4 Å². The Morgan fingerprint density at radius 1 is 0.918 bits per heavy atom. The minimum Gasteiger partial charge on any atom is -0.489 e. The Morgan fingerprint density at radius 2 is 1.64 bits per heavy atom. The summed E-state index contributed by atoms with van der Waals surface area (Å²) in [5.74, 6) is 2.11. The summed E-state index contributed by atoms with van der Waals surface area (Å²) in [7, 11) is 1.81. The third-order valence-electron chi connectivity index (χ3n) is 17.0. The first kappa shape index (κ1) is 53.1. The maximum absolute atomic E-state index is 14.3. The molecular weight excluding hydrogens is 938 g/mol. The predicted molar refractivity (Wildman–Crippen MR) is 288 cm³/mol. The highest BCUT2D eigenvalue weighted by atomic mass is 35.5.